The summed E-state index contributed by atoms with van der Waals surface area (Å²) in [6.45, 7) is 4.40. The van der Waals surface area contributed by atoms with Crippen LogP contribution in [0.15, 0.2) is 29.8 Å². The number of hydrogen-bond donors (Lipinski definition) is 2. The summed E-state index contributed by atoms with van der Waals surface area (Å²) in [5, 5.41) is 10.7. The number of nitrogens with zero attached hydrogens (tertiary/aromatic N) is 4. The number of anilines is 3. The van der Waals surface area contributed by atoms with Crippen LogP contribution in [0, 0.1) is 11.7 Å². The average molecular weight is 477 g/mol. The van der Waals surface area contributed by atoms with Gasteiger partial charge in [0.25, 0.3) is 0 Å². The molecule has 0 radical (unpaired) electrons. The van der Waals surface area contributed by atoms with Crippen molar-refractivity contribution in [2.45, 2.75) is 38.5 Å². The third-order valence-corrected chi connectivity index (χ3v) is 6.87. The molecule has 1 saturated heterocycles. The summed E-state index contributed by atoms with van der Waals surface area (Å²) >= 11 is 0. The maximum atomic E-state index is 15.2. The minimum Gasteiger partial charge on any atom is -0.421 e. The first-order valence-corrected chi connectivity index (χ1v) is 12.2. The molecule has 3 aromatic rings. The molecule has 8 nitrogen and oxygen atoms in total. The number of aromatic nitrogens is 4. The Bertz CT molecular complexity index is 1280. The van der Waals surface area contributed by atoms with E-state index in [4.69, 9.17) is 9.47 Å². The number of halogens is 1. The van der Waals surface area contributed by atoms with Gasteiger partial charge in [-0.25, -0.2) is 4.39 Å². The van der Waals surface area contributed by atoms with Crippen LogP contribution in [-0.2, 0) is 11.2 Å². The van der Waals surface area contributed by atoms with Gasteiger partial charge in [0.2, 0.25) is 0 Å². The summed E-state index contributed by atoms with van der Waals surface area (Å²) in [6.07, 6.45) is 6.03. The fourth-order valence-electron chi connectivity index (χ4n) is 4.93. The van der Waals surface area contributed by atoms with E-state index in [1.54, 1.807) is 13.2 Å². The Labute approximate surface area is 203 Å². The predicted molar refractivity (Wildman–Crippen MR) is 132 cm³/mol. The SMILES string of the molecule is COCC1CCN(c2cc(Nc3cc(C4CC4)[nH]n3)nc(Oc3ccc4c(c3F)C=C(C)C4)n2)C1. The number of benzene rings is 1. The van der Waals surface area contributed by atoms with Gasteiger partial charge in [0.1, 0.15) is 11.6 Å². The molecule has 2 fully saturated rings. The Morgan fingerprint density at radius 3 is 2.89 bits per heavy atom. The Hall–Kier alpha value is -3.46. The molecule has 0 bridgehead atoms. The van der Waals surface area contributed by atoms with Gasteiger partial charge >= 0.3 is 6.01 Å². The Morgan fingerprint density at radius 2 is 2.06 bits per heavy atom. The summed E-state index contributed by atoms with van der Waals surface area (Å²) in [5.41, 5.74) is 3.81. The van der Waals surface area contributed by atoms with E-state index in [-0.39, 0.29) is 17.6 Å². The molecule has 1 aliphatic heterocycles. The van der Waals surface area contributed by atoms with Crippen LogP contribution in [-0.4, -0.2) is 47.0 Å². The van der Waals surface area contributed by atoms with Gasteiger partial charge in [-0.3, -0.25) is 5.10 Å². The van der Waals surface area contributed by atoms with Crippen molar-refractivity contribution in [2.24, 2.45) is 5.92 Å². The molecular weight excluding hydrogens is 447 g/mol. The van der Waals surface area contributed by atoms with Crippen molar-refractivity contribution in [1.29, 1.82) is 0 Å². The van der Waals surface area contributed by atoms with E-state index in [0.717, 1.165) is 48.6 Å². The number of fused-ring (bicyclic) bond motifs is 1. The number of hydrogen-bond acceptors (Lipinski definition) is 7. The molecule has 2 aliphatic carbocycles. The number of aromatic amines is 1. The van der Waals surface area contributed by atoms with E-state index in [2.05, 4.69) is 30.4 Å². The standard InChI is InChI=1S/C26H29FN6O2/c1-15-9-18-5-6-21(25(27)19(18)10-15)35-26-29-22(28-23-11-20(31-32-23)17-3-4-17)12-24(30-26)33-8-7-16(13-33)14-34-2/h5-6,10-12,16-17H,3-4,7-9,13-14H2,1-2H3,(H2,28,29,30,31,32). The highest BCUT2D eigenvalue weighted by Gasteiger charge is 2.27. The largest absolute Gasteiger partial charge is 0.421 e. The number of methoxy groups -OCH3 is 1. The molecule has 2 aromatic heterocycles. The summed E-state index contributed by atoms with van der Waals surface area (Å²) < 4.78 is 26.5. The summed E-state index contributed by atoms with van der Waals surface area (Å²) in [7, 11) is 1.73. The highest BCUT2D eigenvalue weighted by Crippen LogP contribution is 2.40. The fraction of sp³-hybridized carbons (Fsp3) is 0.423. The van der Waals surface area contributed by atoms with Gasteiger partial charge in [0.05, 0.1) is 6.61 Å². The van der Waals surface area contributed by atoms with E-state index in [9.17, 15) is 0 Å². The summed E-state index contributed by atoms with van der Waals surface area (Å²) in [4.78, 5) is 11.4. The highest BCUT2D eigenvalue weighted by atomic mass is 19.1. The first-order valence-electron chi connectivity index (χ1n) is 12.2. The Balaban J connectivity index is 1.30. The normalized spacial score (nSPS) is 19.1. The number of allylic oxidation sites excluding steroid dienone is 1. The lowest BCUT2D eigenvalue weighted by molar-refractivity contribution is 0.161. The van der Waals surface area contributed by atoms with E-state index < -0.39 is 0 Å². The smallest absolute Gasteiger partial charge is 0.326 e. The molecule has 0 spiro atoms. The number of ether oxygens (including phenoxy) is 2. The first kappa shape index (κ1) is 22.0. The van der Waals surface area contributed by atoms with Crippen LogP contribution < -0.4 is 15.0 Å². The molecule has 1 saturated carbocycles. The molecule has 1 unspecified atom stereocenters. The fourth-order valence-corrected chi connectivity index (χ4v) is 4.93. The average Bonchev–Trinajstić information content (AvgIpc) is 3.21. The molecule has 9 heteroatoms. The zero-order valence-electron chi connectivity index (χ0n) is 20.0. The lowest BCUT2D eigenvalue weighted by Gasteiger charge is -2.19. The van der Waals surface area contributed by atoms with E-state index >= 15 is 4.39 Å². The Morgan fingerprint density at radius 1 is 1.17 bits per heavy atom. The third-order valence-electron chi connectivity index (χ3n) is 6.87. The van der Waals surface area contributed by atoms with Crippen molar-refractivity contribution < 1.29 is 13.9 Å². The van der Waals surface area contributed by atoms with Gasteiger partial charge in [-0.15, -0.1) is 0 Å². The van der Waals surface area contributed by atoms with Crippen LogP contribution in [0.4, 0.5) is 21.8 Å². The maximum absolute atomic E-state index is 15.2. The summed E-state index contributed by atoms with van der Waals surface area (Å²) in [5.74, 6) is 2.70. The summed E-state index contributed by atoms with van der Waals surface area (Å²) in [6, 6.07) is 7.56. The lowest BCUT2D eigenvalue weighted by atomic mass is 10.1. The van der Waals surface area contributed by atoms with Crippen molar-refractivity contribution >= 4 is 23.5 Å². The molecule has 1 atom stereocenters. The zero-order valence-corrected chi connectivity index (χ0v) is 20.0. The number of H-pyrrole nitrogens is 1. The van der Waals surface area contributed by atoms with Crippen molar-refractivity contribution in [3.63, 3.8) is 0 Å². The monoisotopic (exact) mass is 476 g/mol. The second kappa shape index (κ2) is 8.96. The zero-order chi connectivity index (χ0) is 23.9. The number of nitrogens with one attached hydrogen (secondary N) is 2. The highest BCUT2D eigenvalue weighted by molar-refractivity contribution is 5.66. The van der Waals surface area contributed by atoms with Crippen molar-refractivity contribution in [1.82, 2.24) is 20.2 Å². The van der Waals surface area contributed by atoms with Crippen LogP contribution in [0.2, 0.25) is 0 Å². The Kier molecular flexibility index (Phi) is 5.64. The quantitative estimate of drug-likeness (QED) is 0.463. The van der Waals surface area contributed by atoms with Gasteiger partial charge in [-0.05, 0) is 44.2 Å². The van der Waals surface area contributed by atoms with Crippen LogP contribution in [0.3, 0.4) is 0 Å². The molecule has 3 aliphatic rings. The molecule has 3 heterocycles. The van der Waals surface area contributed by atoms with Crippen LogP contribution in [0.1, 0.15) is 48.9 Å². The molecule has 1 aromatic carbocycles. The lowest BCUT2D eigenvalue weighted by Crippen LogP contribution is -2.22. The van der Waals surface area contributed by atoms with E-state index in [0.29, 0.717) is 35.6 Å². The molecule has 6 rings (SSSR count). The second-order valence-corrected chi connectivity index (χ2v) is 9.78. The van der Waals surface area contributed by atoms with Gasteiger partial charge in [-0.1, -0.05) is 17.7 Å². The maximum Gasteiger partial charge on any atom is 0.326 e. The third kappa shape index (κ3) is 4.60. The molecular formula is C26H29FN6O2. The molecule has 35 heavy (non-hydrogen) atoms. The van der Waals surface area contributed by atoms with Crippen molar-refractivity contribution in [2.75, 3.05) is 37.0 Å². The first-order chi connectivity index (χ1) is 17.1. The minimum absolute atomic E-state index is 0.0932. The van der Waals surface area contributed by atoms with Gasteiger partial charge in [0.15, 0.2) is 17.4 Å². The minimum atomic E-state index is -0.384. The van der Waals surface area contributed by atoms with Crippen LogP contribution in [0.25, 0.3) is 6.08 Å². The number of rotatable bonds is 8. The molecule has 2 N–H and O–H groups in total. The predicted octanol–water partition coefficient (Wildman–Crippen LogP) is 5.18. The van der Waals surface area contributed by atoms with Crippen LogP contribution >= 0.6 is 0 Å². The van der Waals surface area contributed by atoms with Crippen molar-refractivity contribution in [3.8, 4) is 11.8 Å². The topological polar surface area (TPSA) is 88.2 Å². The van der Waals surface area contributed by atoms with Gasteiger partial charge < -0.3 is 19.7 Å². The molecule has 0 amide bonds. The molecule has 182 valence electrons. The second-order valence-electron chi connectivity index (χ2n) is 9.78. The van der Waals surface area contributed by atoms with Crippen molar-refractivity contribution in [3.05, 3.63) is 52.5 Å². The van der Waals surface area contributed by atoms with Crippen LogP contribution in [0.5, 0.6) is 11.8 Å². The van der Waals surface area contributed by atoms with Gasteiger partial charge in [0, 0.05) is 55.4 Å². The van der Waals surface area contributed by atoms with E-state index in [1.807, 2.05) is 31.2 Å². The van der Waals surface area contributed by atoms with Gasteiger partial charge in [-0.2, -0.15) is 15.1 Å². The van der Waals surface area contributed by atoms with E-state index in [1.165, 1.54) is 12.8 Å².